The predicted molar refractivity (Wildman–Crippen MR) is 119 cm³/mol. The number of methoxy groups -OCH3 is 1. The van der Waals surface area contributed by atoms with Gasteiger partial charge in [-0.1, -0.05) is 25.0 Å². The normalized spacial score (nSPS) is 17.8. The number of nitrogens with one attached hydrogen (secondary N) is 3. The van der Waals surface area contributed by atoms with Crippen molar-refractivity contribution in [3.05, 3.63) is 59.7 Å². The molecule has 2 amide bonds. The van der Waals surface area contributed by atoms with E-state index < -0.39 is 0 Å². The molecule has 0 aromatic heterocycles. The van der Waals surface area contributed by atoms with Gasteiger partial charge in [0.1, 0.15) is 12.3 Å². The number of carbonyl (C=O) groups excluding carboxylic acids is 2. The van der Waals surface area contributed by atoms with Crippen LogP contribution >= 0.6 is 0 Å². The van der Waals surface area contributed by atoms with E-state index in [2.05, 4.69) is 16.0 Å². The average molecular weight is 421 g/mol. The molecule has 7 heteroatoms. The van der Waals surface area contributed by atoms with Crippen molar-refractivity contribution >= 4 is 17.5 Å². The topological polar surface area (TPSA) is 103 Å². The summed E-state index contributed by atoms with van der Waals surface area (Å²) in [6.07, 6.45) is 3.40. The third-order valence-electron chi connectivity index (χ3n) is 5.56. The number of benzene rings is 2. The fraction of sp³-hybridized carbons (Fsp3) is 0.375. The summed E-state index contributed by atoms with van der Waals surface area (Å²) in [5.41, 5.74) is 2.59. The van der Waals surface area contributed by atoms with Gasteiger partial charge >= 0.3 is 0 Å². The summed E-state index contributed by atoms with van der Waals surface area (Å²) in [6, 6.07) is 16.8. The SMILES string of the molecule is COc1ccc(CNc2ccc(C(=O)N[C@H]3CCCC[C@H]3C(=O)NCC#N)cc2)cc1. The summed E-state index contributed by atoms with van der Waals surface area (Å²) < 4.78 is 5.17. The highest BCUT2D eigenvalue weighted by atomic mass is 16.5. The van der Waals surface area contributed by atoms with Crippen LogP contribution in [0, 0.1) is 17.2 Å². The van der Waals surface area contributed by atoms with Gasteiger partial charge in [-0.25, -0.2) is 0 Å². The molecular formula is C24H28N4O3. The van der Waals surface area contributed by atoms with E-state index in [1.165, 1.54) is 0 Å². The minimum Gasteiger partial charge on any atom is -0.497 e. The third-order valence-corrected chi connectivity index (χ3v) is 5.56. The monoisotopic (exact) mass is 420 g/mol. The van der Waals surface area contributed by atoms with Gasteiger partial charge in [-0.2, -0.15) is 5.26 Å². The van der Waals surface area contributed by atoms with Crippen LogP contribution < -0.4 is 20.7 Å². The van der Waals surface area contributed by atoms with E-state index in [9.17, 15) is 9.59 Å². The molecule has 2 atom stereocenters. The lowest BCUT2D eigenvalue weighted by Crippen LogP contribution is -2.48. The fourth-order valence-corrected chi connectivity index (χ4v) is 3.81. The second kappa shape index (κ2) is 11.0. The number of anilines is 1. The Labute approximate surface area is 182 Å². The number of hydrogen-bond acceptors (Lipinski definition) is 5. The first-order valence-corrected chi connectivity index (χ1v) is 10.5. The zero-order chi connectivity index (χ0) is 22.1. The van der Waals surface area contributed by atoms with Gasteiger partial charge in [0.2, 0.25) is 5.91 Å². The summed E-state index contributed by atoms with van der Waals surface area (Å²) in [5, 5.41) is 17.6. The Morgan fingerprint density at radius 1 is 1.06 bits per heavy atom. The molecule has 3 N–H and O–H groups in total. The lowest BCUT2D eigenvalue weighted by atomic mass is 9.83. The lowest BCUT2D eigenvalue weighted by Gasteiger charge is -2.31. The number of hydrogen-bond donors (Lipinski definition) is 3. The quantitative estimate of drug-likeness (QED) is 0.569. The molecule has 0 aliphatic heterocycles. The number of nitriles is 1. The molecule has 2 aromatic carbocycles. The second-order valence-corrected chi connectivity index (χ2v) is 7.63. The molecule has 1 aliphatic carbocycles. The van der Waals surface area contributed by atoms with E-state index in [4.69, 9.17) is 10.00 Å². The molecule has 0 saturated heterocycles. The molecule has 1 saturated carbocycles. The molecular weight excluding hydrogens is 392 g/mol. The van der Waals surface area contributed by atoms with Gasteiger partial charge in [0.15, 0.2) is 0 Å². The number of carbonyl (C=O) groups is 2. The van der Waals surface area contributed by atoms with Gasteiger partial charge < -0.3 is 20.7 Å². The second-order valence-electron chi connectivity index (χ2n) is 7.63. The van der Waals surface area contributed by atoms with Gasteiger partial charge in [-0.05, 0) is 54.8 Å². The van der Waals surface area contributed by atoms with Crippen LogP contribution in [0.4, 0.5) is 5.69 Å². The predicted octanol–water partition coefficient (Wildman–Crippen LogP) is 3.24. The van der Waals surface area contributed by atoms with E-state index in [1.807, 2.05) is 42.5 Å². The molecule has 2 aromatic rings. The third kappa shape index (κ3) is 6.22. The minimum absolute atomic E-state index is 0.0129. The molecule has 1 fully saturated rings. The summed E-state index contributed by atoms with van der Waals surface area (Å²) in [5.74, 6) is 0.176. The van der Waals surface area contributed by atoms with Crippen molar-refractivity contribution in [3.8, 4) is 11.8 Å². The molecule has 0 bridgehead atoms. The fourth-order valence-electron chi connectivity index (χ4n) is 3.81. The first-order chi connectivity index (χ1) is 15.1. The van der Waals surface area contributed by atoms with Crippen LogP contribution in [0.25, 0.3) is 0 Å². The van der Waals surface area contributed by atoms with Crippen molar-refractivity contribution in [2.75, 3.05) is 19.0 Å². The van der Waals surface area contributed by atoms with E-state index in [1.54, 1.807) is 19.2 Å². The first-order valence-electron chi connectivity index (χ1n) is 10.5. The van der Waals surface area contributed by atoms with Gasteiger partial charge in [-0.15, -0.1) is 0 Å². The Kier molecular flexibility index (Phi) is 7.88. The summed E-state index contributed by atoms with van der Waals surface area (Å²) in [7, 11) is 1.64. The van der Waals surface area contributed by atoms with Crippen LogP contribution in [0.3, 0.4) is 0 Å². The zero-order valence-electron chi connectivity index (χ0n) is 17.7. The number of nitrogens with zero attached hydrogens (tertiary/aromatic N) is 1. The molecule has 0 radical (unpaired) electrons. The first kappa shape index (κ1) is 22.2. The van der Waals surface area contributed by atoms with Crippen LogP contribution in [-0.4, -0.2) is 31.5 Å². The smallest absolute Gasteiger partial charge is 0.251 e. The Balaban J connectivity index is 1.55. The van der Waals surface area contributed by atoms with E-state index >= 15 is 0 Å². The molecule has 0 spiro atoms. The van der Waals surface area contributed by atoms with Crippen LogP contribution in [0.1, 0.15) is 41.6 Å². The highest BCUT2D eigenvalue weighted by Gasteiger charge is 2.32. The Morgan fingerprint density at radius 2 is 1.77 bits per heavy atom. The van der Waals surface area contributed by atoms with Crippen LogP contribution in [-0.2, 0) is 11.3 Å². The summed E-state index contributed by atoms with van der Waals surface area (Å²) in [4.78, 5) is 25.0. The maximum Gasteiger partial charge on any atom is 0.251 e. The molecule has 0 unspecified atom stereocenters. The van der Waals surface area contributed by atoms with Crippen molar-refractivity contribution in [2.24, 2.45) is 5.92 Å². The van der Waals surface area contributed by atoms with Gasteiger partial charge in [0.25, 0.3) is 5.91 Å². The summed E-state index contributed by atoms with van der Waals surface area (Å²) >= 11 is 0. The Hall–Kier alpha value is -3.53. The maximum atomic E-state index is 12.7. The standard InChI is InChI=1S/C24H28N4O3/c1-31-20-12-6-17(7-13-20)16-27-19-10-8-18(9-11-19)23(29)28-22-5-3-2-4-21(22)24(30)26-15-14-25/h6-13,21-22,27H,2-5,15-16H2,1H3,(H,26,30)(H,28,29)/t21-,22+/m1/s1. The van der Waals surface area contributed by atoms with Crippen molar-refractivity contribution in [1.82, 2.24) is 10.6 Å². The largest absolute Gasteiger partial charge is 0.497 e. The van der Waals surface area contributed by atoms with Crippen molar-refractivity contribution < 1.29 is 14.3 Å². The number of ether oxygens (including phenoxy) is 1. The minimum atomic E-state index is -0.295. The van der Waals surface area contributed by atoms with Crippen molar-refractivity contribution in [3.63, 3.8) is 0 Å². The molecule has 1 aliphatic rings. The van der Waals surface area contributed by atoms with E-state index in [0.29, 0.717) is 12.1 Å². The Bertz CT molecular complexity index is 919. The van der Waals surface area contributed by atoms with Crippen LogP contribution in [0.15, 0.2) is 48.5 Å². The lowest BCUT2D eigenvalue weighted by molar-refractivity contribution is -0.126. The van der Waals surface area contributed by atoms with Crippen LogP contribution in [0.2, 0.25) is 0 Å². The van der Waals surface area contributed by atoms with Crippen molar-refractivity contribution in [1.29, 1.82) is 5.26 Å². The van der Waals surface area contributed by atoms with E-state index in [0.717, 1.165) is 42.7 Å². The number of amides is 2. The number of rotatable bonds is 8. The zero-order valence-corrected chi connectivity index (χ0v) is 17.7. The molecule has 3 rings (SSSR count). The Morgan fingerprint density at radius 3 is 2.45 bits per heavy atom. The van der Waals surface area contributed by atoms with Crippen LogP contribution in [0.5, 0.6) is 5.75 Å². The van der Waals surface area contributed by atoms with Gasteiger partial charge in [-0.3, -0.25) is 9.59 Å². The van der Waals surface area contributed by atoms with E-state index in [-0.39, 0.29) is 30.3 Å². The van der Waals surface area contributed by atoms with Crippen molar-refractivity contribution in [2.45, 2.75) is 38.3 Å². The van der Waals surface area contributed by atoms with Gasteiger partial charge in [0.05, 0.1) is 19.1 Å². The average Bonchev–Trinajstić information content (AvgIpc) is 2.82. The highest BCUT2D eigenvalue weighted by molar-refractivity contribution is 5.95. The molecule has 162 valence electrons. The summed E-state index contributed by atoms with van der Waals surface area (Å²) in [6.45, 7) is 0.651. The highest BCUT2D eigenvalue weighted by Crippen LogP contribution is 2.25. The van der Waals surface area contributed by atoms with Gasteiger partial charge in [0, 0.05) is 23.8 Å². The molecule has 31 heavy (non-hydrogen) atoms. The maximum absolute atomic E-state index is 12.7. The molecule has 7 nitrogen and oxygen atoms in total. The molecule has 0 heterocycles.